The van der Waals surface area contributed by atoms with Gasteiger partial charge in [0.05, 0.1) is 6.42 Å². The first-order valence-corrected chi connectivity index (χ1v) is 5.16. The summed E-state index contributed by atoms with van der Waals surface area (Å²) < 4.78 is 13.1. The molecule has 1 amide bonds. The monoisotopic (exact) mass is 221 g/mol. The number of piperidine rings is 1. The van der Waals surface area contributed by atoms with E-state index in [9.17, 15) is 14.0 Å². The van der Waals surface area contributed by atoms with Crippen LogP contribution in [0.3, 0.4) is 0 Å². The minimum atomic E-state index is -0.288. The van der Waals surface area contributed by atoms with E-state index in [0.717, 1.165) is 0 Å². The van der Waals surface area contributed by atoms with Crippen LogP contribution in [0.4, 0.5) is 10.1 Å². The highest BCUT2D eigenvalue weighted by Gasteiger charge is 2.24. The van der Waals surface area contributed by atoms with Crippen molar-refractivity contribution in [3.8, 4) is 0 Å². The maximum Gasteiger partial charge on any atom is 0.234 e. The quantitative estimate of drug-likeness (QED) is 0.678. The van der Waals surface area contributed by atoms with Gasteiger partial charge in [0, 0.05) is 18.7 Å². The Bertz CT molecular complexity index is 456. The third-order valence-corrected chi connectivity index (χ3v) is 2.72. The van der Waals surface area contributed by atoms with Gasteiger partial charge >= 0.3 is 0 Å². The van der Waals surface area contributed by atoms with Gasteiger partial charge < -0.3 is 4.90 Å². The predicted octanol–water partition coefficient (Wildman–Crippen LogP) is 1.83. The molecule has 1 saturated heterocycles. The molecular formula is C12H12FNO2. The molecule has 3 nitrogen and oxygen atoms in total. The fraction of sp³-hybridized carbons (Fsp3) is 0.333. The maximum absolute atomic E-state index is 13.1. The SMILES string of the molecule is Cc1cc(N2CCC(=O)CC2=O)ccc1F. The van der Waals surface area contributed by atoms with Crippen molar-refractivity contribution in [2.75, 3.05) is 11.4 Å². The smallest absolute Gasteiger partial charge is 0.234 e. The lowest BCUT2D eigenvalue weighted by Gasteiger charge is -2.26. The first-order chi connectivity index (χ1) is 7.58. The average molecular weight is 221 g/mol. The van der Waals surface area contributed by atoms with Crippen LogP contribution in [0.2, 0.25) is 0 Å². The molecule has 1 aromatic carbocycles. The molecule has 1 aliphatic heterocycles. The highest BCUT2D eigenvalue weighted by atomic mass is 19.1. The molecule has 4 heteroatoms. The van der Waals surface area contributed by atoms with E-state index in [-0.39, 0.29) is 23.9 Å². The van der Waals surface area contributed by atoms with E-state index in [1.165, 1.54) is 11.0 Å². The van der Waals surface area contributed by atoms with Gasteiger partial charge in [-0.3, -0.25) is 9.59 Å². The summed E-state index contributed by atoms with van der Waals surface area (Å²) in [6.45, 7) is 2.04. The van der Waals surface area contributed by atoms with E-state index >= 15 is 0 Å². The summed E-state index contributed by atoms with van der Waals surface area (Å²) in [6, 6.07) is 4.54. The van der Waals surface area contributed by atoms with Gasteiger partial charge in [-0.2, -0.15) is 0 Å². The highest BCUT2D eigenvalue weighted by Crippen LogP contribution is 2.21. The van der Waals surface area contributed by atoms with Crippen LogP contribution in [0.25, 0.3) is 0 Å². The van der Waals surface area contributed by atoms with E-state index < -0.39 is 0 Å². The van der Waals surface area contributed by atoms with Crippen LogP contribution >= 0.6 is 0 Å². The molecule has 2 rings (SSSR count). The Balaban J connectivity index is 2.27. The number of Topliss-reactive ketones (excluding diaryl/α,β-unsaturated/α-hetero) is 1. The normalized spacial score (nSPS) is 16.8. The number of anilines is 1. The van der Waals surface area contributed by atoms with Crippen LogP contribution in [-0.4, -0.2) is 18.2 Å². The number of carbonyl (C=O) groups is 2. The van der Waals surface area contributed by atoms with Gasteiger partial charge in [-0.05, 0) is 30.7 Å². The number of benzene rings is 1. The number of aryl methyl sites for hydroxylation is 1. The van der Waals surface area contributed by atoms with Gasteiger partial charge in [0.25, 0.3) is 0 Å². The van der Waals surface area contributed by atoms with Gasteiger partial charge in [0.2, 0.25) is 5.91 Å². The molecule has 0 spiro atoms. The van der Waals surface area contributed by atoms with Gasteiger partial charge in [0.15, 0.2) is 0 Å². The summed E-state index contributed by atoms with van der Waals surface area (Å²) in [4.78, 5) is 24.2. The molecule has 1 heterocycles. The van der Waals surface area contributed by atoms with E-state index in [1.807, 2.05) is 0 Å². The van der Waals surface area contributed by atoms with Crippen LogP contribution in [0.15, 0.2) is 18.2 Å². The number of hydrogen-bond acceptors (Lipinski definition) is 2. The van der Waals surface area contributed by atoms with Gasteiger partial charge in [-0.15, -0.1) is 0 Å². The number of rotatable bonds is 1. The molecule has 0 aliphatic carbocycles. The zero-order valence-corrected chi connectivity index (χ0v) is 9.00. The standard InChI is InChI=1S/C12H12FNO2/c1-8-6-9(2-3-11(8)13)14-5-4-10(15)7-12(14)16/h2-3,6H,4-5,7H2,1H3. The summed E-state index contributed by atoms with van der Waals surface area (Å²) in [5, 5.41) is 0. The Hall–Kier alpha value is -1.71. The Labute approximate surface area is 92.9 Å². The molecular weight excluding hydrogens is 209 g/mol. The first-order valence-electron chi connectivity index (χ1n) is 5.16. The first kappa shape index (κ1) is 10.8. The fourth-order valence-electron chi connectivity index (χ4n) is 1.78. The zero-order valence-electron chi connectivity index (χ0n) is 9.00. The van der Waals surface area contributed by atoms with Crippen molar-refractivity contribution < 1.29 is 14.0 Å². The van der Waals surface area contributed by atoms with Gasteiger partial charge in [-0.1, -0.05) is 0 Å². The summed E-state index contributed by atoms with van der Waals surface area (Å²) >= 11 is 0. The van der Waals surface area contributed by atoms with E-state index in [1.54, 1.807) is 19.1 Å². The molecule has 0 saturated carbocycles. The van der Waals surface area contributed by atoms with Crippen LogP contribution in [0.5, 0.6) is 0 Å². The second-order valence-electron chi connectivity index (χ2n) is 3.94. The molecule has 0 bridgehead atoms. The molecule has 84 valence electrons. The minimum Gasteiger partial charge on any atom is -0.312 e. The highest BCUT2D eigenvalue weighted by molar-refractivity contribution is 6.08. The molecule has 1 aliphatic rings. The van der Waals surface area contributed by atoms with Crippen LogP contribution in [0.1, 0.15) is 18.4 Å². The number of nitrogens with zero attached hydrogens (tertiary/aromatic N) is 1. The number of halogens is 1. The molecule has 0 aromatic heterocycles. The number of carbonyl (C=O) groups excluding carboxylic acids is 2. The second-order valence-corrected chi connectivity index (χ2v) is 3.94. The van der Waals surface area contributed by atoms with Crippen molar-refractivity contribution in [3.63, 3.8) is 0 Å². The van der Waals surface area contributed by atoms with Gasteiger partial charge in [0.1, 0.15) is 11.6 Å². The molecule has 1 fully saturated rings. The molecule has 16 heavy (non-hydrogen) atoms. The lowest BCUT2D eigenvalue weighted by molar-refractivity contribution is -0.128. The summed E-state index contributed by atoms with van der Waals surface area (Å²) in [5.74, 6) is -0.522. The van der Waals surface area contributed by atoms with E-state index in [0.29, 0.717) is 24.2 Å². The van der Waals surface area contributed by atoms with Gasteiger partial charge in [-0.25, -0.2) is 4.39 Å². The van der Waals surface area contributed by atoms with E-state index in [2.05, 4.69) is 0 Å². The molecule has 0 N–H and O–H groups in total. The number of amides is 1. The predicted molar refractivity (Wildman–Crippen MR) is 57.7 cm³/mol. The topological polar surface area (TPSA) is 37.4 Å². The second kappa shape index (κ2) is 4.04. The van der Waals surface area contributed by atoms with Crippen LogP contribution in [0, 0.1) is 12.7 Å². The van der Waals surface area contributed by atoms with Crippen molar-refractivity contribution in [2.45, 2.75) is 19.8 Å². The third-order valence-electron chi connectivity index (χ3n) is 2.72. The lowest BCUT2D eigenvalue weighted by Crippen LogP contribution is -2.39. The Morgan fingerprint density at radius 2 is 2.06 bits per heavy atom. The average Bonchev–Trinajstić information content (AvgIpc) is 2.22. The molecule has 1 aromatic rings. The summed E-state index contributed by atoms with van der Waals surface area (Å²) in [7, 11) is 0. The van der Waals surface area contributed by atoms with E-state index in [4.69, 9.17) is 0 Å². The third kappa shape index (κ3) is 1.96. The Morgan fingerprint density at radius 3 is 2.69 bits per heavy atom. The molecule has 0 radical (unpaired) electrons. The Morgan fingerprint density at radius 1 is 1.31 bits per heavy atom. The van der Waals surface area contributed by atoms with Crippen molar-refractivity contribution >= 4 is 17.4 Å². The summed E-state index contributed by atoms with van der Waals surface area (Å²) in [6.07, 6.45) is 0.332. The molecule has 0 unspecified atom stereocenters. The Kier molecular flexibility index (Phi) is 2.73. The van der Waals surface area contributed by atoms with Crippen LogP contribution < -0.4 is 4.90 Å². The fourth-order valence-corrected chi connectivity index (χ4v) is 1.78. The van der Waals surface area contributed by atoms with Crippen molar-refractivity contribution in [2.24, 2.45) is 0 Å². The lowest BCUT2D eigenvalue weighted by atomic mass is 10.1. The number of ketones is 1. The molecule has 0 atom stereocenters. The largest absolute Gasteiger partial charge is 0.312 e. The van der Waals surface area contributed by atoms with Crippen molar-refractivity contribution in [1.82, 2.24) is 0 Å². The van der Waals surface area contributed by atoms with Crippen molar-refractivity contribution in [1.29, 1.82) is 0 Å². The zero-order chi connectivity index (χ0) is 11.7. The minimum absolute atomic E-state index is 0.0277. The maximum atomic E-state index is 13.1. The number of hydrogen-bond donors (Lipinski definition) is 0. The van der Waals surface area contributed by atoms with Crippen molar-refractivity contribution in [3.05, 3.63) is 29.6 Å². The summed E-state index contributed by atoms with van der Waals surface area (Å²) in [5.41, 5.74) is 1.17. The van der Waals surface area contributed by atoms with Crippen LogP contribution in [-0.2, 0) is 9.59 Å².